The largest absolute Gasteiger partial charge is 0.348 e. The van der Waals surface area contributed by atoms with Gasteiger partial charge in [-0.25, -0.2) is 8.78 Å². The minimum absolute atomic E-state index is 0.0636. The van der Waals surface area contributed by atoms with Crippen molar-refractivity contribution in [2.24, 2.45) is 5.92 Å². The summed E-state index contributed by atoms with van der Waals surface area (Å²) in [5, 5.41) is 5.13. The summed E-state index contributed by atoms with van der Waals surface area (Å²) in [6.45, 7) is 6.44. The lowest BCUT2D eigenvalue weighted by molar-refractivity contribution is -0.129. The van der Waals surface area contributed by atoms with E-state index in [1.807, 2.05) is 0 Å². The van der Waals surface area contributed by atoms with Crippen LogP contribution in [0.3, 0.4) is 0 Å². The highest BCUT2D eigenvalue weighted by atomic mass is 19.1. The zero-order valence-electron chi connectivity index (χ0n) is 12.5. The fourth-order valence-corrected chi connectivity index (χ4v) is 1.98. The van der Waals surface area contributed by atoms with E-state index in [2.05, 4.69) is 10.6 Å². The summed E-state index contributed by atoms with van der Waals surface area (Å²) < 4.78 is 26.8. The lowest BCUT2D eigenvalue weighted by Gasteiger charge is -2.23. The minimum Gasteiger partial charge on any atom is -0.348 e. The number of rotatable bonds is 5. The van der Waals surface area contributed by atoms with Crippen LogP contribution in [0.15, 0.2) is 18.2 Å². The third-order valence-corrected chi connectivity index (χ3v) is 3.09. The quantitative estimate of drug-likeness (QED) is 0.876. The van der Waals surface area contributed by atoms with Crippen molar-refractivity contribution in [3.05, 3.63) is 35.4 Å². The molecule has 2 N–H and O–H groups in total. The van der Waals surface area contributed by atoms with Crippen LogP contribution in [-0.4, -0.2) is 17.9 Å². The zero-order chi connectivity index (χ0) is 16.2. The van der Waals surface area contributed by atoms with Gasteiger partial charge in [0.15, 0.2) is 0 Å². The summed E-state index contributed by atoms with van der Waals surface area (Å²) in [7, 11) is 0. The first-order valence-electron chi connectivity index (χ1n) is 6.74. The smallest absolute Gasteiger partial charge is 0.243 e. The molecule has 4 nitrogen and oxygen atoms in total. The predicted molar refractivity (Wildman–Crippen MR) is 75.4 cm³/mol. The van der Waals surface area contributed by atoms with Crippen LogP contribution < -0.4 is 10.6 Å². The van der Waals surface area contributed by atoms with E-state index in [0.29, 0.717) is 0 Å². The average molecular weight is 298 g/mol. The molecule has 0 radical (unpaired) electrons. The molecule has 1 rings (SSSR count). The molecule has 0 fully saturated rings. The van der Waals surface area contributed by atoms with Crippen LogP contribution in [0.1, 0.15) is 39.3 Å². The van der Waals surface area contributed by atoms with E-state index >= 15 is 0 Å². The number of carbonyl (C=O) groups is 2. The van der Waals surface area contributed by atoms with E-state index in [0.717, 1.165) is 18.2 Å². The fraction of sp³-hybridized carbons (Fsp3) is 0.467. The Balaban J connectivity index is 2.85. The Kier molecular flexibility index (Phi) is 5.81. The number of hydrogen-bond donors (Lipinski definition) is 2. The minimum atomic E-state index is -0.721. The number of benzene rings is 1. The van der Waals surface area contributed by atoms with E-state index in [9.17, 15) is 18.4 Å². The van der Waals surface area contributed by atoms with Gasteiger partial charge in [0.2, 0.25) is 11.8 Å². The van der Waals surface area contributed by atoms with Gasteiger partial charge in [0, 0.05) is 12.5 Å². The molecule has 6 heteroatoms. The molecule has 0 saturated heterocycles. The van der Waals surface area contributed by atoms with Crippen molar-refractivity contribution in [1.82, 2.24) is 10.6 Å². The molecule has 0 aliphatic heterocycles. The third kappa shape index (κ3) is 4.81. The van der Waals surface area contributed by atoms with Gasteiger partial charge in [-0.1, -0.05) is 13.8 Å². The maximum absolute atomic E-state index is 13.7. The Labute approximate surface area is 122 Å². The topological polar surface area (TPSA) is 58.2 Å². The van der Waals surface area contributed by atoms with Gasteiger partial charge < -0.3 is 10.6 Å². The van der Waals surface area contributed by atoms with Gasteiger partial charge in [-0.15, -0.1) is 0 Å². The van der Waals surface area contributed by atoms with E-state index in [-0.39, 0.29) is 17.4 Å². The summed E-state index contributed by atoms with van der Waals surface area (Å²) in [5.74, 6) is -2.05. The maximum Gasteiger partial charge on any atom is 0.243 e. The van der Waals surface area contributed by atoms with Gasteiger partial charge in [0.1, 0.15) is 17.7 Å². The second kappa shape index (κ2) is 7.15. The summed E-state index contributed by atoms with van der Waals surface area (Å²) in [4.78, 5) is 23.3. The molecule has 0 aromatic heterocycles. The third-order valence-electron chi connectivity index (χ3n) is 3.09. The molecular formula is C15H20F2N2O2. The van der Waals surface area contributed by atoms with Crippen molar-refractivity contribution in [3.8, 4) is 0 Å². The molecule has 2 unspecified atom stereocenters. The lowest BCUT2D eigenvalue weighted by atomic mass is 10.0. The second-order valence-electron chi connectivity index (χ2n) is 5.32. The van der Waals surface area contributed by atoms with E-state index in [1.54, 1.807) is 20.8 Å². The molecule has 2 atom stereocenters. The zero-order valence-corrected chi connectivity index (χ0v) is 12.5. The first-order chi connectivity index (χ1) is 9.72. The Morgan fingerprint density at radius 2 is 1.71 bits per heavy atom. The van der Waals surface area contributed by atoms with Crippen LogP contribution in [0, 0.1) is 17.6 Å². The van der Waals surface area contributed by atoms with Crippen molar-refractivity contribution < 1.29 is 18.4 Å². The number of amides is 2. The van der Waals surface area contributed by atoms with Gasteiger partial charge in [-0.3, -0.25) is 9.59 Å². The van der Waals surface area contributed by atoms with Crippen LogP contribution in [0.2, 0.25) is 0 Å². The number of halogens is 2. The Morgan fingerprint density at radius 3 is 2.24 bits per heavy atom. The highest BCUT2D eigenvalue weighted by Gasteiger charge is 2.25. The Bertz CT molecular complexity index is 532. The van der Waals surface area contributed by atoms with Gasteiger partial charge in [0.25, 0.3) is 0 Å². The number of hydrogen-bond acceptors (Lipinski definition) is 2. The normalized spacial score (nSPS) is 13.7. The van der Waals surface area contributed by atoms with E-state index in [4.69, 9.17) is 0 Å². The molecule has 0 spiro atoms. The van der Waals surface area contributed by atoms with Gasteiger partial charge in [0.05, 0.1) is 6.04 Å². The van der Waals surface area contributed by atoms with Gasteiger partial charge in [-0.05, 0) is 31.0 Å². The van der Waals surface area contributed by atoms with Crippen molar-refractivity contribution >= 4 is 11.8 Å². The van der Waals surface area contributed by atoms with Crippen molar-refractivity contribution in [1.29, 1.82) is 0 Å². The Morgan fingerprint density at radius 1 is 1.10 bits per heavy atom. The van der Waals surface area contributed by atoms with E-state index < -0.39 is 29.6 Å². The first kappa shape index (κ1) is 17.1. The van der Waals surface area contributed by atoms with Crippen LogP contribution in [0.4, 0.5) is 8.78 Å². The molecule has 0 saturated carbocycles. The summed E-state index contributed by atoms with van der Waals surface area (Å²) >= 11 is 0. The monoisotopic (exact) mass is 298 g/mol. The van der Waals surface area contributed by atoms with Crippen LogP contribution in [0.5, 0.6) is 0 Å². The van der Waals surface area contributed by atoms with Crippen molar-refractivity contribution in [3.63, 3.8) is 0 Å². The standard InChI is InChI=1S/C15H20F2N2O2/c1-8(2)14(19-10(4)20)15(21)18-9(3)12-7-11(16)5-6-13(12)17/h5-9,14H,1-4H3,(H,18,21)(H,19,20). The molecule has 0 heterocycles. The van der Waals surface area contributed by atoms with Gasteiger partial charge in [-0.2, -0.15) is 0 Å². The number of carbonyl (C=O) groups excluding carboxylic acids is 2. The number of nitrogens with one attached hydrogen (secondary N) is 2. The summed E-state index contributed by atoms with van der Waals surface area (Å²) in [5.41, 5.74) is 0.0636. The van der Waals surface area contributed by atoms with Crippen molar-refractivity contribution in [2.45, 2.75) is 39.8 Å². The molecule has 2 amide bonds. The van der Waals surface area contributed by atoms with Crippen LogP contribution >= 0.6 is 0 Å². The highest BCUT2D eigenvalue weighted by Crippen LogP contribution is 2.18. The average Bonchev–Trinajstić information content (AvgIpc) is 2.37. The summed E-state index contributed by atoms with van der Waals surface area (Å²) in [6.07, 6.45) is 0. The SMILES string of the molecule is CC(=O)NC(C(=O)NC(C)c1cc(F)ccc1F)C(C)C. The maximum atomic E-state index is 13.7. The van der Waals surface area contributed by atoms with Crippen molar-refractivity contribution in [2.75, 3.05) is 0 Å². The highest BCUT2D eigenvalue weighted by molar-refractivity contribution is 5.87. The second-order valence-corrected chi connectivity index (χ2v) is 5.32. The molecule has 21 heavy (non-hydrogen) atoms. The van der Waals surface area contributed by atoms with Crippen LogP contribution in [0.25, 0.3) is 0 Å². The fourth-order valence-electron chi connectivity index (χ4n) is 1.98. The molecule has 1 aromatic rings. The first-order valence-corrected chi connectivity index (χ1v) is 6.74. The Hall–Kier alpha value is -1.98. The molecule has 0 aliphatic rings. The molecule has 116 valence electrons. The molecule has 0 aliphatic carbocycles. The van der Waals surface area contributed by atoms with Gasteiger partial charge >= 0.3 is 0 Å². The van der Waals surface area contributed by atoms with E-state index in [1.165, 1.54) is 6.92 Å². The molecule has 0 bridgehead atoms. The summed E-state index contributed by atoms with van der Waals surface area (Å²) in [6, 6.07) is 1.65. The lowest BCUT2D eigenvalue weighted by Crippen LogP contribution is -2.49. The predicted octanol–water partition coefficient (Wildman–Crippen LogP) is 2.30. The molecule has 1 aromatic carbocycles. The van der Waals surface area contributed by atoms with Crippen LogP contribution in [-0.2, 0) is 9.59 Å². The molecular weight excluding hydrogens is 278 g/mol.